The molecule has 17 heavy (non-hydrogen) atoms. The highest BCUT2D eigenvalue weighted by Crippen LogP contribution is 2.13. The minimum Gasteiger partial charge on any atom is -0.480 e. The van der Waals surface area contributed by atoms with Gasteiger partial charge in [0.2, 0.25) is 11.7 Å². The van der Waals surface area contributed by atoms with Crippen LogP contribution in [0, 0.1) is 0 Å². The van der Waals surface area contributed by atoms with Crippen LogP contribution >= 0.6 is 0 Å². The van der Waals surface area contributed by atoms with E-state index in [1.165, 1.54) is 0 Å². The minimum atomic E-state index is 0.465. The molecule has 0 bridgehead atoms. The highest BCUT2D eigenvalue weighted by Gasteiger charge is 2.07. The second-order valence-corrected chi connectivity index (χ2v) is 3.46. The first-order valence-electron chi connectivity index (χ1n) is 5.33. The fourth-order valence-electron chi connectivity index (χ4n) is 1.34. The summed E-state index contributed by atoms with van der Waals surface area (Å²) in [6.45, 7) is 0.637. The van der Waals surface area contributed by atoms with Crippen molar-refractivity contribution in [2.24, 2.45) is 5.73 Å². The molecule has 0 unspecified atom stereocenters. The van der Waals surface area contributed by atoms with Crippen molar-refractivity contribution < 1.29 is 4.74 Å². The van der Waals surface area contributed by atoms with Gasteiger partial charge in [0.25, 0.3) is 0 Å². The van der Waals surface area contributed by atoms with Gasteiger partial charge in [-0.2, -0.15) is 5.10 Å². The van der Waals surface area contributed by atoms with Gasteiger partial charge in [-0.25, -0.2) is 4.98 Å². The lowest BCUT2D eigenvalue weighted by atomic mass is 10.3. The summed E-state index contributed by atoms with van der Waals surface area (Å²) >= 11 is 0. The first kappa shape index (κ1) is 11.5. The zero-order valence-electron chi connectivity index (χ0n) is 9.55. The summed E-state index contributed by atoms with van der Waals surface area (Å²) in [6, 6.07) is 3.49. The summed E-state index contributed by atoms with van der Waals surface area (Å²) in [5.74, 6) is 1.81. The summed E-state index contributed by atoms with van der Waals surface area (Å²) in [6.07, 6.45) is 1.66. The number of hydrogen-bond acceptors (Lipinski definition) is 6. The third-order valence-electron chi connectivity index (χ3n) is 2.23. The average molecular weight is 234 g/mol. The van der Waals surface area contributed by atoms with Crippen molar-refractivity contribution in [3.63, 3.8) is 0 Å². The maximum atomic E-state index is 5.43. The zero-order valence-corrected chi connectivity index (χ0v) is 9.55. The second-order valence-electron chi connectivity index (χ2n) is 3.46. The van der Waals surface area contributed by atoms with Crippen molar-refractivity contribution in [2.75, 3.05) is 13.7 Å². The number of nitrogens with one attached hydrogen (secondary N) is 1. The van der Waals surface area contributed by atoms with Gasteiger partial charge in [-0.1, -0.05) is 0 Å². The Morgan fingerprint density at radius 1 is 1.35 bits per heavy atom. The van der Waals surface area contributed by atoms with Crippen LogP contribution in [0.1, 0.15) is 12.2 Å². The number of hydrogen-bond donors (Lipinski definition) is 2. The SMILES string of the molecule is COc1ccc(-c2n[nH]c(CCCN)n2)nn1. The fraction of sp³-hybridized carbons (Fsp3) is 0.400. The molecule has 0 saturated heterocycles. The van der Waals surface area contributed by atoms with Crippen molar-refractivity contribution >= 4 is 0 Å². The molecule has 0 saturated carbocycles. The number of aromatic nitrogens is 5. The summed E-state index contributed by atoms with van der Waals surface area (Å²) in [7, 11) is 1.54. The maximum Gasteiger partial charge on any atom is 0.233 e. The summed E-state index contributed by atoms with van der Waals surface area (Å²) < 4.78 is 4.93. The predicted molar refractivity (Wildman–Crippen MR) is 61.3 cm³/mol. The summed E-state index contributed by atoms with van der Waals surface area (Å²) in [4.78, 5) is 4.31. The van der Waals surface area contributed by atoms with Gasteiger partial charge in [0, 0.05) is 12.5 Å². The number of nitrogens with zero attached hydrogens (tertiary/aromatic N) is 4. The maximum absolute atomic E-state index is 5.43. The van der Waals surface area contributed by atoms with Crippen LogP contribution in [-0.2, 0) is 6.42 Å². The molecule has 3 N–H and O–H groups in total. The normalized spacial score (nSPS) is 10.5. The second kappa shape index (κ2) is 5.35. The smallest absolute Gasteiger partial charge is 0.233 e. The van der Waals surface area contributed by atoms with Crippen molar-refractivity contribution in [1.82, 2.24) is 25.4 Å². The van der Waals surface area contributed by atoms with Gasteiger partial charge in [0.05, 0.1) is 7.11 Å². The van der Waals surface area contributed by atoms with Gasteiger partial charge in [-0.3, -0.25) is 5.10 Å². The molecule has 90 valence electrons. The quantitative estimate of drug-likeness (QED) is 0.764. The molecule has 7 nitrogen and oxygen atoms in total. The molecule has 2 aromatic heterocycles. The van der Waals surface area contributed by atoms with Crippen LogP contribution in [0.3, 0.4) is 0 Å². The molecule has 2 aromatic rings. The Labute approximate surface area is 98.4 Å². The zero-order chi connectivity index (χ0) is 12.1. The van der Waals surface area contributed by atoms with Crippen LogP contribution in [0.15, 0.2) is 12.1 Å². The van der Waals surface area contributed by atoms with Gasteiger partial charge >= 0.3 is 0 Å². The molecule has 2 heterocycles. The summed E-state index contributed by atoms with van der Waals surface area (Å²) in [5.41, 5.74) is 6.04. The molecule has 0 amide bonds. The van der Waals surface area contributed by atoms with Crippen LogP contribution < -0.4 is 10.5 Å². The van der Waals surface area contributed by atoms with Gasteiger partial charge in [-0.05, 0) is 19.0 Å². The van der Waals surface area contributed by atoms with E-state index in [9.17, 15) is 0 Å². The number of aromatic amines is 1. The average Bonchev–Trinajstić information content (AvgIpc) is 2.85. The molecule has 0 spiro atoms. The van der Waals surface area contributed by atoms with Crippen LogP contribution in [0.2, 0.25) is 0 Å². The number of rotatable bonds is 5. The Balaban J connectivity index is 2.12. The van der Waals surface area contributed by atoms with Crippen LogP contribution in [0.4, 0.5) is 0 Å². The highest BCUT2D eigenvalue weighted by molar-refractivity contribution is 5.47. The topological polar surface area (TPSA) is 103 Å². The lowest BCUT2D eigenvalue weighted by molar-refractivity contribution is 0.392. The van der Waals surface area contributed by atoms with Crippen LogP contribution in [-0.4, -0.2) is 39.0 Å². The van der Waals surface area contributed by atoms with E-state index >= 15 is 0 Å². The molecular formula is C10H14N6O. The molecule has 0 atom stereocenters. The standard InChI is InChI=1S/C10H14N6O/c1-17-9-5-4-7(13-15-9)10-12-8(14-16-10)3-2-6-11/h4-5H,2-3,6,11H2,1H3,(H,12,14,16). The molecular weight excluding hydrogens is 220 g/mol. The van der Waals surface area contributed by atoms with Crippen molar-refractivity contribution in [3.8, 4) is 17.4 Å². The van der Waals surface area contributed by atoms with E-state index in [-0.39, 0.29) is 0 Å². The van der Waals surface area contributed by atoms with Gasteiger partial charge in [0.15, 0.2) is 0 Å². The summed E-state index contributed by atoms with van der Waals surface area (Å²) in [5, 5.41) is 14.8. The number of H-pyrrole nitrogens is 1. The largest absolute Gasteiger partial charge is 0.480 e. The van der Waals surface area contributed by atoms with Gasteiger partial charge < -0.3 is 10.5 Å². The van der Waals surface area contributed by atoms with E-state index in [4.69, 9.17) is 10.5 Å². The van der Waals surface area contributed by atoms with Crippen LogP contribution in [0.5, 0.6) is 5.88 Å². The Morgan fingerprint density at radius 2 is 2.24 bits per heavy atom. The number of methoxy groups -OCH3 is 1. The van der Waals surface area contributed by atoms with Crippen LogP contribution in [0.25, 0.3) is 11.5 Å². The third-order valence-corrected chi connectivity index (χ3v) is 2.23. The lowest BCUT2D eigenvalue weighted by Gasteiger charge is -1.96. The molecule has 0 radical (unpaired) electrons. The fourth-order valence-corrected chi connectivity index (χ4v) is 1.34. The van der Waals surface area contributed by atoms with E-state index < -0.39 is 0 Å². The van der Waals surface area contributed by atoms with Crippen molar-refractivity contribution in [2.45, 2.75) is 12.8 Å². The van der Waals surface area contributed by atoms with Gasteiger partial charge in [-0.15, -0.1) is 10.2 Å². The number of nitrogens with two attached hydrogens (primary N) is 1. The van der Waals surface area contributed by atoms with E-state index in [0.717, 1.165) is 18.7 Å². The molecule has 2 rings (SSSR count). The predicted octanol–water partition coefficient (Wildman–Crippen LogP) is 0.162. The Kier molecular flexibility index (Phi) is 3.61. The third kappa shape index (κ3) is 2.76. The Hall–Kier alpha value is -2.02. The minimum absolute atomic E-state index is 0.465. The molecule has 0 aliphatic carbocycles. The monoisotopic (exact) mass is 234 g/mol. The lowest BCUT2D eigenvalue weighted by Crippen LogP contribution is -2.01. The van der Waals surface area contributed by atoms with Gasteiger partial charge in [0.1, 0.15) is 11.5 Å². The van der Waals surface area contributed by atoms with E-state index in [0.29, 0.717) is 23.9 Å². The molecule has 0 aliphatic rings. The Bertz CT molecular complexity index is 466. The van der Waals surface area contributed by atoms with Crippen molar-refractivity contribution in [3.05, 3.63) is 18.0 Å². The van der Waals surface area contributed by atoms with Crippen molar-refractivity contribution in [1.29, 1.82) is 0 Å². The molecule has 0 aromatic carbocycles. The molecule has 0 aliphatic heterocycles. The number of ether oxygens (including phenoxy) is 1. The first-order chi connectivity index (χ1) is 8.33. The highest BCUT2D eigenvalue weighted by atomic mass is 16.5. The van der Waals surface area contributed by atoms with E-state index in [1.807, 2.05) is 0 Å². The van der Waals surface area contributed by atoms with E-state index in [1.54, 1.807) is 19.2 Å². The first-order valence-corrected chi connectivity index (χ1v) is 5.33. The molecule has 7 heteroatoms. The Morgan fingerprint density at radius 3 is 2.88 bits per heavy atom. The van der Waals surface area contributed by atoms with E-state index in [2.05, 4.69) is 25.4 Å². The number of aryl methyl sites for hydroxylation is 1. The molecule has 0 fully saturated rings.